The van der Waals surface area contributed by atoms with Crippen molar-refractivity contribution < 1.29 is 9.59 Å². The van der Waals surface area contributed by atoms with E-state index in [1.165, 1.54) is 11.3 Å². The van der Waals surface area contributed by atoms with Crippen LogP contribution in [0.15, 0.2) is 47.8 Å². The fraction of sp³-hybridized carbons (Fsp3) is 0.167. The van der Waals surface area contributed by atoms with Gasteiger partial charge in [-0.1, -0.05) is 12.1 Å². The Morgan fingerprint density at radius 3 is 2.48 bits per heavy atom. The van der Waals surface area contributed by atoms with Gasteiger partial charge >= 0.3 is 0 Å². The van der Waals surface area contributed by atoms with Gasteiger partial charge in [-0.3, -0.25) is 14.7 Å². The first-order chi connectivity index (χ1) is 12.2. The number of thiophene rings is 1. The summed E-state index contributed by atoms with van der Waals surface area (Å²) < 4.78 is 0. The molecular weight excluding hydrogens is 336 g/mol. The molecule has 1 aromatic carbocycles. The summed E-state index contributed by atoms with van der Waals surface area (Å²) in [6, 6.07) is 12.4. The van der Waals surface area contributed by atoms with Crippen LogP contribution < -0.4 is 10.6 Å². The zero-order valence-electron chi connectivity index (χ0n) is 13.3. The van der Waals surface area contributed by atoms with Crippen LogP contribution in [0.4, 0.5) is 11.4 Å². The van der Waals surface area contributed by atoms with Crippen molar-refractivity contribution in [3.05, 3.63) is 64.1 Å². The van der Waals surface area contributed by atoms with E-state index in [9.17, 15) is 9.59 Å². The van der Waals surface area contributed by atoms with Crippen LogP contribution >= 0.6 is 11.3 Å². The fourth-order valence-corrected chi connectivity index (χ4v) is 3.15. The number of benzene rings is 1. The summed E-state index contributed by atoms with van der Waals surface area (Å²) >= 11 is 1.38. The maximum absolute atomic E-state index is 12.3. The first-order valence-electron chi connectivity index (χ1n) is 8.00. The molecule has 0 saturated heterocycles. The molecule has 0 aliphatic heterocycles. The quantitative estimate of drug-likeness (QED) is 0.652. The first kappa shape index (κ1) is 15.6. The van der Waals surface area contributed by atoms with E-state index in [0.717, 1.165) is 18.5 Å². The molecule has 2 amide bonds. The van der Waals surface area contributed by atoms with E-state index in [4.69, 9.17) is 0 Å². The SMILES string of the molecule is O=C(Nc1cccc(NC(=O)c2cccs2)c1)c1cc(C2CC2)[nH]n1. The molecule has 0 bridgehead atoms. The maximum Gasteiger partial charge on any atom is 0.276 e. The Balaban J connectivity index is 1.43. The minimum absolute atomic E-state index is 0.167. The number of carbonyl (C=O) groups is 2. The Kier molecular flexibility index (Phi) is 4.07. The number of carbonyl (C=O) groups excluding carboxylic acids is 2. The summed E-state index contributed by atoms with van der Waals surface area (Å²) in [7, 11) is 0. The number of hydrogen-bond acceptors (Lipinski definition) is 4. The summed E-state index contributed by atoms with van der Waals surface area (Å²) in [5.41, 5.74) is 2.61. The molecular formula is C18H16N4O2S. The number of rotatable bonds is 5. The van der Waals surface area contributed by atoms with Crippen molar-refractivity contribution in [1.82, 2.24) is 10.2 Å². The molecule has 3 N–H and O–H groups in total. The van der Waals surface area contributed by atoms with E-state index < -0.39 is 0 Å². The number of aromatic amines is 1. The third-order valence-electron chi connectivity index (χ3n) is 3.97. The lowest BCUT2D eigenvalue weighted by Gasteiger charge is -2.07. The number of hydrogen-bond donors (Lipinski definition) is 3. The number of anilines is 2. The van der Waals surface area contributed by atoms with Gasteiger partial charge in [0, 0.05) is 23.0 Å². The third-order valence-corrected chi connectivity index (χ3v) is 4.84. The molecule has 1 saturated carbocycles. The standard InChI is InChI=1S/C18H16N4O2S/c23-17(15-10-14(21-22-15)11-6-7-11)19-12-3-1-4-13(9-12)20-18(24)16-5-2-8-25-16/h1-5,8-11H,6-7H2,(H,19,23)(H,20,24)(H,21,22). The van der Waals surface area contributed by atoms with Crippen LogP contribution in [0.5, 0.6) is 0 Å². The van der Waals surface area contributed by atoms with Crippen molar-refractivity contribution in [2.75, 3.05) is 10.6 Å². The highest BCUT2D eigenvalue weighted by molar-refractivity contribution is 7.12. The minimum Gasteiger partial charge on any atom is -0.321 e. The number of nitrogens with zero attached hydrogens (tertiary/aromatic N) is 1. The zero-order chi connectivity index (χ0) is 17.2. The maximum atomic E-state index is 12.3. The number of aromatic nitrogens is 2. The van der Waals surface area contributed by atoms with Gasteiger partial charge in [-0.05, 0) is 48.6 Å². The smallest absolute Gasteiger partial charge is 0.276 e. The number of nitrogens with one attached hydrogen (secondary N) is 3. The molecule has 126 valence electrons. The number of H-pyrrole nitrogens is 1. The van der Waals surface area contributed by atoms with E-state index >= 15 is 0 Å². The van der Waals surface area contributed by atoms with Crippen LogP contribution in [0, 0.1) is 0 Å². The second-order valence-electron chi connectivity index (χ2n) is 5.95. The highest BCUT2D eigenvalue weighted by atomic mass is 32.1. The van der Waals surface area contributed by atoms with Crippen LogP contribution in [0.25, 0.3) is 0 Å². The van der Waals surface area contributed by atoms with E-state index in [2.05, 4.69) is 20.8 Å². The van der Waals surface area contributed by atoms with Crippen molar-refractivity contribution in [2.24, 2.45) is 0 Å². The van der Waals surface area contributed by atoms with Crippen LogP contribution in [-0.2, 0) is 0 Å². The fourth-order valence-electron chi connectivity index (χ4n) is 2.53. The Morgan fingerprint density at radius 2 is 1.80 bits per heavy atom. The Hall–Kier alpha value is -2.93. The van der Waals surface area contributed by atoms with Crippen molar-refractivity contribution in [2.45, 2.75) is 18.8 Å². The summed E-state index contributed by atoms with van der Waals surface area (Å²) in [5, 5.41) is 14.5. The monoisotopic (exact) mass is 352 g/mol. The van der Waals surface area contributed by atoms with E-state index in [-0.39, 0.29) is 11.8 Å². The van der Waals surface area contributed by atoms with Gasteiger partial charge in [0.15, 0.2) is 5.69 Å². The summed E-state index contributed by atoms with van der Waals surface area (Å²) in [6.07, 6.45) is 2.30. The predicted molar refractivity (Wildman–Crippen MR) is 97.2 cm³/mol. The van der Waals surface area contributed by atoms with Gasteiger partial charge in [-0.15, -0.1) is 11.3 Å². The van der Waals surface area contributed by atoms with Crippen LogP contribution in [0.1, 0.15) is 44.6 Å². The number of amides is 2. The summed E-state index contributed by atoms with van der Waals surface area (Å²) in [4.78, 5) is 25.0. The van der Waals surface area contributed by atoms with Crippen molar-refractivity contribution in [1.29, 1.82) is 0 Å². The summed E-state index contributed by atoms with van der Waals surface area (Å²) in [5.74, 6) is 0.0783. The molecule has 7 heteroatoms. The Labute approximate surface area is 148 Å². The summed E-state index contributed by atoms with van der Waals surface area (Å²) in [6.45, 7) is 0. The zero-order valence-corrected chi connectivity index (χ0v) is 14.1. The van der Waals surface area contributed by atoms with Crippen molar-refractivity contribution in [3.8, 4) is 0 Å². The highest BCUT2D eigenvalue weighted by Crippen LogP contribution is 2.39. The normalized spacial score (nSPS) is 13.4. The van der Waals surface area contributed by atoms with Gasteiger partial charge in [0.2, 0.25) is 0 Å². The third kappa shape index (κ3) is 3.61. The lowest BCUT2D eigenvalue weighted by Crippen LogP contribution is -2.13. The van der Waals surface area contributed by atoms with Crippen LogP contribution in [-0.4, -0.2) is 22.0 Å². The Bertz CT molecular complexity index is 913. The van der Waals surface area contributed by atoms with Gasteiger partial charge in [-0.25, -0.2) is 0 Å². The predicted octanol–water partition coefficient (Wildman–Crippen LogP) is 3.85. The largest absolute Gasteiger partial charge is 0.321 e. The van der Waals surface area contributed by atoms with Gasteiger partial charge in [-0.2, -0.15) is 5.10 Å². The minimum atomic E-state index is -0.273. The molecule has 4 rings (SSSR count). The molecule has 3 aromatic rings. The average molecular weight is 352 g/mol. The van der Waals surface area contributed by atoms with E-state index in [1.54, 1.807) is 36.4 Å². The van der Waals surface area contributed by atoms with Crippen molar-refractivity contribution >= 4 is 34.5 Å². The molecule has 2 heterocycles. The topological polar surface area (TPSA) is 86.9 Å². The molecule has 2 aromatic heterocycles. The van der Waals surface area contributed by atoms with Crippen LogP contribution in [0.3, 0.4) is 0 Å². The highest BCUT2D eigenvalue weighted by Gasteiger charge is 2.26. The lowest BCUT2D eigenvalue weighted by atomic mass is 10.2. The van der Waals surface area contributed by atoms with Gasteiger partial charge in [0.1, 0.15) is 0 Å². The lowest BCUT2D eigenvalue weighted by molar-refractivity contribution is 0.101. The van der Waals surface area contributed by atoms with Crippen LogP contribution in [0.2, 0.25) is 0 Å². The first-order valence-corrected chi connectivity index (χ1v) is 8.88. The average Bonchev–Trinajstić information content (AvgIpc) is 3.12. The second kappa shape index (κ2) is 6.52. The van der Waals surface area contributed by atoms with Crippen molar-refractivity contribution in [3.63, 3.8) is 0 Å². The van der Waals surface area contributed by atoms with Gasteiger partial charge in [0.25, 0.3) is 11.8 Å². The molecule has 0 radical (unpaired) electrons. The Morgan fingerprint density at radius 1 is 1.04 bits per heavy atom. The molecule has 25 heavy (non-hydrogen) atoms. The van der Waals surface area contributed by atoms with E-state index in [1.807, 2.05) is 11.4 Å². The molecule has 1 aliphatic carbocycles. The second-order valence-corrected chi connectivity index (χ2v) is 6.90. The molecule has 1 fully saturated rings. The molecule has 0 unspecified atom stereocenters. The molecule has 6 nitrogen and oxygen atoms in total. The molecule has 1 aliphatic rings. The van der Waals surface area contributed by atoms with E-state index in [0.29, 0.717) is 27.9 Å². The molecule has 0 spiro atoms. The van der Waals surface area contributed by atoms with Gasteiger partial charge in [0.05, 0.1) is 4.88 Å². The van der Waals surface area contributed by atoms with Gasteiger partial charge < -0.3 is 10.6 Å². The molecule has 0 atom stereocenters.